The standard InChI is InChI=1S/C29H40O/c1-3-5-6-7-8-22-9-10-24-19-25(12-11-23(24)18-22)26-13-14-28-21-29(30-17-4-2)16-15-27(28)20-26/h4,13-16,20-25H,2-3,5-12,17-19H2,1H3. The van der Waals surface area contributed by atoms with Crippen LogP contribution in [0.3, 0.4) is 0 Å². The minimum absolute atomic E-state index is 0.563. The van der Waals surface area contributed by atoms with E-state index in [0.29, 0.717) is 6.61 Å². The van der Waals surface area contributed by atoms with Gasteiger partial charge in [-0.05, 0) is 84.2 Å². The maximum absolute atomic E-state index is 5.70. The van der Waals surface area contributed by atoms with E-state index in [9.17, 15) is 0 Å². The van der Waals surface area contributed by atoms with Gasteiger partial charge in [0.05, 0.1) is 0 Å². The van der Waals surface area contributed by atoms with Crippen molar-refractivity contribution in [3.05, 3.63) is 54.6 Å². The van der Waals surface area contributed by atoms with Crippen LogP contribution in [0.4, 0.5) is 0 Å². The number of hydrogen-bond acceptors (Lipinski definition) is 1. The molecular weight excluding hydrogens is 364 g/mol. The highest BCUT2D eigenvalue weighted by atomic mass is 16.5. The summed E-state index contributed by atoms with van der Waals surface area (Å²) in [6.45, 7) is 6.61. The van der Waals surface area contributed by atoms with E-state index in [1.807, 2.05) is 0 Å². The van der Waals surface area contributed by atoms with Gasteiger partial charge in [0.15, 0.2) is 0 Å². The van der Waals surface area contributed by atoms with Gasteiger partial charge in [0.25, 0.3) is 0 Å². The van der Waals surface area contributed by atoms with Gasteiger partial charge in [-0.25, -0.2) is 0 Å². The quantitative estimate of drug-likeness (QED) is 0.300. The number of fused-ring (bicyclic) bond motifs is 2. The van der Waals surface area contributed by atoms with Gasteiger partial charge in [-0.15, -0.1) is 0 Å². The minimum atomic E-state index is 0.563. The first-order valence-electron chi connectivity index (χ1n) is 12.5. The topological polar surface area (TPSA) is 9.23 Å². The summed E-state index contributed by atoms with van der Waals surface area (Å²) in [6, 6.07) is 13.6. The molecule has 2 fully saturated rings. The van der Waals surface area contributed by atoms with Gasteiger partial charge in [0.2, 0.25) is 0 Å². The molecule has 0 bridgehead atoms. The molecule has 2 aromatic rings. The van der Waals surface area contributed by atoms with E-state index in [1.165, 1.54) is 81.4 Å². The van der Waals surface area contributed by atoms with Crippen molar-refractivity contribution in [3.63, 3.8) is 0 Å². The van der Waals surface area contributed by atoms with Gasteiger partial charge in [0, 0.05) is 0 Å². The van der Waals surface area contributed by atoms with Gasteiger partial charge in [-0.2, -0.15) is 0 Å². The molecule has 0 aromatic heterocycles. The summed E-state index contributed by atoms with van der Waals surface area (Å²) >= 11 is 0. The van der Waals surface area contributed by atoms with Crippen LogP contribution in [0.15, 0.2) is 49.1 Å². The Morgan fingerprint density at radius 1 is 0.900 bits per heavy atom. The van der Waals surface area contributed by atoms with Crippen LogP contribution in [0.5, 0.6) is 5.75 Å². The number of hydrogen-bond donors (Lipinski definition) is 0. The summed E-state index contributed by atoms with van der Waals surface area (Å²) in [5, 5.41) is 2.62. The lowest BCUT2D eigenvalue weighted by Gasteiger charge is -2.42. The number of unbranched alkanes of at least 4 members (excludes halogenated alkanes) is 3. The van der Waals surface area contributed by atoms with Crippen molar-refractivity contribution in [2.45, 2.75) is 83.5 Å². The van der Waals surface area contributed by atoms with Crippen molar-refractivity contribution in [2.75, 3.05) is 6.61 Å². The van der Waals surface area contributed by atoms with Crippen LogP contribution in [0.25, 0.3) is 10.8 Å². The fraction of sp³-hybridized carbons (Fsp3) is 0.586. The molecule has 30 heavy (non-hydrogen) atoms. The second-order valence-electron chi connectivity index (χ2n) is 9.93. The molecule has 0 spiro atoms. The number of benzene rings is 2. The molecule has 4 unspecified atom stereocenters. The zero-order valence-corrected chi connectivity index (χ0v) is 19.0. The van der Waals surface area contributed by atoms with Crippen LogP contribution in [0.2, 0.25) is 0 Å². The Hall–Kier alpha value is -1.76. The Balaban J connectivity index is 1.34. The van der Waals surface area contributed by atoms with E-state index in [2.05, 4.69) is 49.9 Å². The second kappa shape index (κ2) is 10.5. The van der Waals surface area contributed by atoms with Crippen molar-refractivity contribution in [1.82, 2.24) is 0 Å². The lowest BCUT2D eigenvalue weighted by atomic mass is 9.63. The summed E-state index contributed by atoms with van der Waals surface area (Å²) in [4.78, 5) is 0. The molecule has 1 nitrogen and oxygen atoms in total. The van der Waals surface area contributed by atoms with Crippen LogP contribution < -0.4 is 4.74 Å². The average molecular weight is 405 g/mol. The molecule has 0 amide bonds. The summed E-state index contributed by atoms with van der Waals surface area (Å²) in [5.41, 5.74) is 1.56. The minimum Gasteiger partial charge on any atom is -0.490 e. The van der Waals surface area contributed by atoms with Crippen molar-refractivity contribution >= 4 is 10.8 Å². The zero-order chi connectivity index (χ0) is 20.8. The van der Waals surface area contributed by atoms with Crippen molar-refractivity contribution in [3.8, 4) is 5.75 Å². The fourth-order valence-corrected chi connectivity index (χ4v) is 6.15. The molecule has 1 heteroatoms. The molecule has 0 radical (unpaired) electrons. The smallest absolute Gasteiger partial charge is 0.120 e. The van der Waals surface area contributed by atoms with Gasteiger partial charge in [-0.3, -0.25) is 0 Å². The van der Waals surface area contributed by atoms with E-state index in [4.69, 9.17) is 4.74 Å². The third kappa shape index (κ3) is 5.29. The normalized spacial score (nSPS) is 26.3. The lowest BCUT2D eigenvalue weighted by Crippen LogP contribution is -2.30. The van der Waals surface area contributed by atoms with Gasteiger partial charge >= 0.3 is 0 Å². The van der Waals surface area contributed by atoms with Crippen molar-refractivity contribution < 1.29 is 4.74 Å². The molecule has 2 aliphatic carbocycles. The van der Waals surface area contributed by atoms with E-state index < -0.39 is 0 Å². The first-order valence-corrected chi connectivity index (χ1v) is 12.5. The monoisotopic (exact) mass is 404 g/mol. The largest absolute Gasteiger partial charge is 0.490 e. The molecule has 0 aliphatic heterocycles. The SMILES string of the molecule is C=CCOc1ccc2cc(C3CCC4CC(CCCCCC)CCC4C3)ccc2c1. The maximum atomic E-state index is 5.70. The third-order valence-corrected chi connectivity index (χ3v) is 7.86. The molecule has 2 aromatic carbocycles. The first kappa shape index (κ1) is 21.5. The molecule has 0 heterocycles. The first-order chi connectivity index (χ1) is 14.8. The number of ether oxygens (including phenoxy) is 1. The van der Waals surface area contributed by atoms with E-state index in [0.717, 1.165) is 29.4 Å². The van der Waals surface area contributed by atoms with Crippen LogP contribution in [0, 0.1) is 17.8 Å². The van der Waals surface area contributed by atoms with Gasteiger partial charge < -0.3 is 4.74 Å². The summed E-state index contributed by atoms with van der Waals surface area (Å²) in [7, 11) is 0. The molecule has 0 N–H and O–H groups in total. The Bertz CT molecular complexity index is 822. The van der Waals surface area contributed by atoms with Gasteiger partial charge in [0.1, 0.15) is 12.4 Å². The predicted octanol–water partition coefficient (Wildman–Crippen LogP) is 8.68. The van der Waals surface area contributed by atoms with Crippen molar-refractivity contribution in [1.29, 1.82) is 0 Å². The second-order valence-corrected chi connectivity index (χ2v) is 9.93. The Morgan fingerprint density at radius 2 is 1.70 bits per heavy atom. The summed E-state index contributed by atoms with van der Waals surface area (Å²) in [5.74, 6) is 4.70. The molecule has 4 rings (SSSR count). The van der Waals surface area contributed by atoms with Crippen LogP contribution >= 0.6 is 0 Å². The molecule has 2 aliphatic rings. The highest BCUT2D eigenvalue weighted by Gasteiger charge is 2.35. The van der Waals surface area contributed by atoms with E-state index in [-0.39, 0.29) is 0 Å². The Labute approximate surface area is 183 Å². The molecule has 4 atom stereocenters. The zero-order valence-electron chi connectivity index (χ0n) is 19.0. The Kier molecular flexibility index (Phi) is 7.52. The Morgan fingerprint density at radius 3 is 2.57 bits per heavy atom. The molecule has 2 saturated carbocycles. The van der Waals surface area contributed by atoms with E-state index in [1.54, 1.807) is 11.6 Å². The average Bonchev–Trinajstić information content (AvgIpc) is 2.79. The maximum Gasteiger partial charge on any atom is 0.120 e. The van der Waals surface area contributed by atoms with E-state index >= 15 is 0 Å². The van der Waals surface area contributed by atoms with Crippen LogP contribution in [-0.4, -0.2) is 6.61 Å². The van der Waals surface area contributed by atoms with Gasteiger partial charge in [-0.1, -0.05) is 82.4 Å². The van der Waals surface area contributed by atoms with Crippen LogP contribution in [0.1, 0.15) is 89.0 Å². The third-order valence-electron chi connectivity index (χ3n) is 7.86. The molecule has 162 valence electrons. The lowest BCUT2D eigenvalue weighted by molar-refractivity contribution is 0.113. The van der Waals surface area contributed by atoms with Crippen LogP contribution in [-0.2, 0) is 0 Å². The molecular formula is C29H40O. The highest BCUT2D eigenvalue weighted by Crippen LogP contribution is 2.48. The molecule has 0 saturated heterocycles. The summed E-state index contributed by atoms with van der Waals surface area (Å²) in [6.07, 6.45) is 17.7. The highest BCUT2D eigenvalue weighted by molar-refractivity contribution is 5.84. The predicted molar refractivity (Wildman–Crippen MR) is 129 cm³/mol. The van der Waals surface area contributed by atoms with Crippen molar-refractivity contribution in [2.24, 2.45) is 17.8 Å². The number of rotatable bonds is 9. The fourth-order valence-electron chi connectivity index (χ4n) is 6.15. The summed E-state index contributed by atoms with van der Waals surface area (Å²) < 4.78 is 5.70.